The molecule has 0 bridgehead atoms. The first kappa shape index (κ1) is 12.4. The molecule has 78 valence electrons. The highest BCUT2D eigenvalue weighted by Gasteiger charge is 2.19. The smallest absolute Gasteiger partial charge is 0.323 e. The van der Waals surface area contributed by atoms with Crippen LogP contribution in [-0.4, -0.2) is 25.2 Å². The highest BCUT2D eigenvalue weighted by Crippen LogP contribution is 2.07. The van der Waals surface area contributed by atoms with Gasteiger partial charge in [0.05, 0.1) is 0 Å². The Balaban J connectivity index is 3.98. The van der Waals surface area contributed by atoms with Gasteiger partial charge in [0.15, 0.2) is 0 Å². The third kappa shape index (κ3) is 4.27. The van der Waals surface area contributed by atoms with E-state index in [2.05, 4.69) is 5.32 Å². The topological polar surface area (TPSA) is 38.3 Å². The Labute approximate surface area is 80.8 Å². The summed E-state index contributed by atoms with van der Waals surface area (Å²) in [5.74, 6) is 0.226. The first-order chi connectivity index (χ1) is 6.02. The molecule has 0 aliphatic heterocycles. The van der Waals surface area contributed by atoms with Crippen molar-refractivity contribution in [2.24, 2.45) is 5.92 Å². The van der Waals surface area contributed by atoms with Crippen molar-refractivity contribution in [1.29, 1.82) is 0 Å². The Morgan fingerprint density at radius 2 is 1.92 bits per heavy atom. The quantitative estimate of drug-likeness (QED) is 0.664. The maximum atomic E-state index is 11.4. The SMILES string of the molecule is CCC(NC)C(=O)OC(C)C(C)C. The van der Waals surface area contributed by atoms with Crippen molar-refractivity contribution < 1.29 is 9.53 Å². The van der Waals surface area contributed by atoms with Crippen LogP contribution in [0.4, 0.5) is 0 Å². The number of carbonyl (C=O) groups is 1. The van der Waals surface area contributed by atoms with Gasteiger partial charge in [-0.25, -0.2) is 0 Å². The summed E-state index contributed by atoms with van der Waals surface area (Å²) in [7, 11) is 1.77. The van der Waals surface area contributed by atoms with Crippen LogP contribution in [-0.2, 0) is 9.53 Å². The summed E-state index contributed by atoms with van der Waals surface area (Å²) < 4.78 is 5.25. The van der Waals surface area contributed by atoms with E-state index in [1.54, 1.807) is 7.05 Å². The van der Waals surface area contributed by atoms with Crippen molar-refractivity contribution in [3.63, 3.8) is 0 Å². The number of rotatable bonds is 5. The minimum Gasteiger partial charge on any atom is -0.461 e. The largest absolute Gasteiger partial charge is 0.461 e. The second-order valence-corrected chi connectivity index (χ2v) is 3.64. The van der Waals surface area contributed by atoms with Gasteiger partial charge in [-0.2, -0.15) is 0 Å². The van der Waals surface area contributed by atoms with Crippen molar-refractivity contribution in [3.05, 3.63) is 0 Å². The molecule has 0 fully saturated rings. The summed E-state index contributed by atoms with van der Waals surface area (Å²) in [6, 6.07) is -0.166. The molecule has 0 rings (SSSR count). The maximum absolute atomic E-state index is 11.4. The zero-order valence-corrected chi connectivity index (χ0v) is 9.26. The molecular weight excluding hydrogens is 166 g/mol. The Kier molecular flexibility index (Phi) is 5.71. The van der Waals surface area contributed by atoms with E-state index in [0.717, 1.165) is 6.42 Å². The Morgan fingerprint density at radius 3 is 2.23 bits per heavy atom. The van der Waals surface area contributed by atoms with Crippen LogP contribution >= 0.6 is 0 Å². The molecule has 0 aromatic heterocycles. The standard InChI is InChI=1S/C10H21NO2/c1-6-9(11-5)10(12)13-8(4)7(2)3/h7-9,11H,6H2,1-5H3. The van der Waals surface area contributed by atoms with Crippen LogP contribution in [0.3, 0.4) is 0 Å². The van der Waals surface area contributed by atoms with Gasteiger partial charge >= 0.3 is 5.97 Å². The third-order valence-corrected chi connectivity index (χ3v) is 2.28. The molecular formula is C10H21NO2. The van der Waals surface area contributed by atoms with Crippen molar-refractivity contribution >= 4 is 5.97 Å². The fourth-order valence-corrected chi connectivity index (χ4v) is 0.890. The van der Waals surface area contributed by atoms with E-state index in [4.69, 9.17) is 4.74 Å². The number of hydrogen-bond donors (Lipinski definition) is 1. The Hall–Kier alpha value is -0.570. The van der Waals surface area contributed by atoms with Gasteiger partial charge in [0.25, 0.3) is 0 Å². The first-order valence-corrected chi connectivity index (χ1v) is 4.90. The second kappa shape index (κ2) is 5.97. The Morgan fingerprint density at radius 1 is 1.38 bits per heavy atom. The predicted molar refractivity (Wildman–Crippen MR) is 53.5 cm³/mol. The van der Waals surface area contributed by atoms with Crippen LogP contribution < -0.4 is 5.32 Å². The molecule has 3 nitrogen and oxygen atoms in total. The van der Waals surface area contributed by atoms with Crippen LogP contribution in [0.5, 0.6) is 0 Å². The van der Waals surface area contributed by atoms with Gasteiger partial charge < -0.3 is 10.1 Å². The normalized spacial score (nSPS) is 15.5. The average Bonchev–Trinajstić information content (AvgIpc) is 2.06. The highest BCUT2D eigenvalue weighted by molar-refractivity contribution is 5.75. The van der Waals surface area contributed by atoms with Crippen molar-refractivity contribution in [1.82, 2.24) is 5.32 Å². The number of ether oxygens (including phenoxy) is 1. The lowest BCUT2D eigenvalue weighted by Crippen LogP contribution is -2.37. The lowest BCUT2D eigenvalue weighted by atomic mass is 10.1. The fraction of sp³-hybridized carbons (Fsp3) is 0.900. The number of likely N-dealkylation sites (N-methyl/N-ethyl adjacent to an activating group) is 1. The lowest BCUT2D eigenvalue weighted by molar-refractivity contribution is -0.152. The van der Waals surface area contributed by atoms with Crippen molar-refractivity contribution in [2.75, 3.05) is 7.05 Å². The average molecular weight is 187 g/mol. The molecule has 1 N–H and O–H groups in total. The lowest BCUT2D eigenvalue weighted by Gasteiger charge is -2.20. The minimum absolute atomic E-state index is 0.00472. The van der Waals surface area contributed by atoms with Gasteiger partial charge in [-0.1, -0.05) is 20.8 Å². The van der Waals surface area contributed by atoms with E-state index in [9.17, 15) is 4.79 Å². The third-order valence-electron chi connectivity index (χ3n) is 2.28. The van der Waals surface area contributed by atoms with Crippen LogP contribution in [0.15, 0.2) is 0 Å². The van der Waals surface area contributed by atoms with Crippen molar-refractivity contribution in [2.45, 2.75) is 46.3 Å². The molecule has 0 saturated carbocycles. The number of carbonyl (C=O) groups excluding carboxylic acids is 1. The van der Waals surface area contributed by atoms with E-state index in [-0.39, 0.29) is 18.1 Å². The minimum atomic E-state index is -0.166. The van der Waals surface area contributed by atoms with Gasteiger partial charge in [-0.15, -0.1) is 0 Å². The molecule has 0 aliphatic rings. The van der Waals surface area contributed by atoms with Gasteiger partial charge in [-0.3, -0.25) is 4.79 Å². The van der Waals surface area contributed by atoms with Gasteiger partial charge in [0.2, 0.25) is 0 Å². The number of nitrogens with one attached hydrogen (secondary N) is 1. The molecule has 0 radical (unpaired) electrons. The fourth-order valence-electron chi connectivity index (χ4n) is 0.890. The van der Waals surface area contributed by atoms with E-state index in [1.807, 2.05) is 27.7 Å². The van der Waals surface area contributed by atoms with E-state index in [1.165, 1.54) is 0 Å². The van der Waals surface area contributed by atoms with Crippen LogP contribution in [0.1, 0.15) is 34.1 Å². The van der Waals surface area contributed by atoms with Crippen LogP contribution in [0, 0.1) is 5.92 Å². The molecule has 13 heavy (non-hydrogen) atoms. The molecule has 0 aromatic carbocycles. The summed E-state index contributed by atoms with van der Waals surface area (Å²) in [4.78, 5) is 11.4. The van der Waals surface area contributed by atoms with Gasteiger partial charge in [0.1, 0.15) is 12.1 Å². The molecule has 0 aromatic rings. The molecule has 0 heterocycles. The summed E-state index contributed by atoms with van der Waals surface area (Å²) in [5.41, 5.74) is 0. The molecule has 2 unspecified atom stereocenters. The number of esters is 1. The molecule has 0 aliphatic carbocycles. The monoisotopic (exact) mass is 187 g/mol. The molecule has 3 heteroatoms. The van der Waals surface area contributed by atoms with E-state index >= 15 is 0 Å². The van der Waals surface area contributed by atoms with Gasteiger partial charge in [-0.05, 0) is 26.3 Å². The van der Waals surface area contributed by atoms with Crippen LogP contribution in [0.25, 0.3) is 0 Å². The van der Waals surface area contributed by atoms with E-state index in [0.29, 0.717) is 5.92 Å². The summed E-state index contributed by atoms with van der Waals surface area (Å²) >= 11 is 0. The summed E-state index contributed by atoms with van der Waals surface area (Å²) in [6.45, 7) is 7.96. The second-order valence-electron chi connectivity index (χ2n) is 3.64. The van der Waals surface area contributed by atoms with Crippen molar-refractivity contribution in [3.8, 4) is 0 Å². The Bertz CT molecular complexity index is 153. The predicted octanol–water partition coefficient (Wildman–Crippen LogP) is 1.57. The highest BCUT2D eigenvalue weighted by atomic mass is 16.5. The van der Waals surface area contributed by atoms with Crippen LogP contribution in [0.2, 0.25) is 0 Å². The summed E-state index contributed by atoms with van der Waals surface area (Å²) in [5, 5.41) is 2.92. The zero-order valence-electron chi connectivity index (χ0n) is 9.26. The molecule has 2 atom stereocenters. The molecule has 0 spiro atoms. The first-order valence-electron chi connectivity index (χ1n) is 4.90. The summed E-state index contributed by atoms with van der Waals surface area (Å²) in [6.07, 6.45) is 0.759. The maximum Gasteiger partial charge on any atom is 0.323 e. The molecule has 0 saturated heterocycles. The van der Waals surface area contributed by atoms with E-state index < -0.39 is 0 Å². The number of hydrogen-bond acceptors (Lipinski definition) is 3. The molecule has 0 amide bonds. The van der Waals surface area contributed by atoms with Gasteiger partial charge in [0, 0.05) is 0 Å². The zero-order chi connectivity index (χ0) is 10.4.